The van der Waals surface area contributed by atoms with Gasteiger partial charge in [-0.05, 0) is 83.1 Å². The Morgan fingerprint density at radius 1 is 0.229 bits per heavy atom. The molecule has 12 nitrogen and oxygen atoms in total. The van der Waals surface area contributed by atoms with Crippen LogP contribution in [-0.2, 0) is 0 Å². The van der Waals surface area contributed by atoms with Crippen LogP contribution >= 0.6 is 0 Å². The summed E-state index contributed by atoms with van der Waals surface area (Å²) in [5.74, 6) is -0.875. The molecule has 0 radical (unpaired) electrons. The van der Waals surface area contributed by atoms with Gasteiger partial charge in [0.2, 0.25) is 0 Å². The molecule has 5 aromatic rings. The summed E-state index contributed by atoms with van der Waals surface area (Å²) in [5.41, 5.74) is 12.4. The zero-order valence-electron chi connectivity index (χ0n) is 29.8. The molecule has 0 fully saturated rings. The first-order valence-electron chi connectivity index (χ1n) is 15.0. The van der Waals surface area contributed by atoms with Crippen LogP contribution in [0.1, 0.15) is 68.3 Å². The Morgan fingerprint density at radius 3 is 0.396 bits per heavy atom. The molecule has 0 aliphatic carbocycles. The molecule has 0 bridgehead atoms. The van der Waals surface area contributed by atoms with E-state index in [0.717, 1.165) is 105 Å². The van der Waals surface area contributed by atoms with Gasteiger partial charge in [-0.2, -0.15) is 0 Å². The molecule has 3 aromatic heterocycles. The van der Waals surface area contributed by atoms with Gasteiger partial charge in [0.25, 0.3) is 0 Å². The lowest BCUT2D eigenvalue weighted by Gasteiger charge is -2.01. The number of phenolic OH excluding ortho intramolecular Hbond substituents is 6. The minimum absolute atomic E-state index is 0.146. The average Bonchev–Trinajstić information content (AvgIpc) is 2.94. The molecular formula is C36H48N6O6. The third-order valence-corrected chi connectivity index (χ3v) is 6.93. The summed E-state index contributed by atoms with van der Waals surface area (Å²) in [7, 11) is 0. The molecule has 2 aromatic carbocycles. The highest BCUT2D eigenvalue weighted by atomic mass is 16.3. The number of phenols is 6. The van der Waals surface area contributed by atoms with Crippen LogP contribution in [0.15, 0.2) is 36.4 Å². The molecular weight excluding hydrogens is 612 g/mol. The van der Waals surface area contributed by atoms with Crippen LogP contribution in [0.25, 0.3) is 0 Å². The lowest BCUT2D eigenvalue weighted by molar-refractivity contribution is 0.426. The molecule has 0 spiro atoms. The van der Waals surface area contributed by atoms with Crippen molar-refractivity contribution < 1.29 is 30.6 Å². The number of nitrogens with zero attached hydrogens (tertiary/aromatic N) is 6. The molecule has 0 aliphatic heterocycles. The molecule has 12 heteroatoms. The molecule has 0 atom stereocenters. The number of aromatic hydroxyl groups is 6. The number of hydrogen-bond donors (Lipinski definition) is 6. The summed E-state index contributed by atoms with van der Waals surface area (Å²) in [5, 5.41) is 52.0. The SMILES string of the molecule is Cc1nc(C)c(C)nc1C.Cc1nc(C)c(C)nc1C.Cc1nc(C)c(C)nc1C.Oc1cc(O)cc(O)c1.Oc1cc(O)cc(O)c1. The maximum Gasteiger partial charge on any atom is 0.122 e. The maximum absolute atomic E-state index is 8.67. The Kier molecular flexibility index (Phi) is 15.7. The van der Waals surface area contributed by atoms with Crippen molar-refractivity contribution >= 4 is 0 Å². The highest BCUT2D eigenvalue weighted by Gasteiger charge is 2.01. The molecule has 6 N–H and O–H groups in total. The van der Waals surface area contributed by atoms with Crippen LogP contribution in [0.4, 0.5) is 0 Å². The van der Waals surface area contributed by atoms with Crippen LogP contribution < -0.4 is 0 Å². The van der Waals surface area contributed by atoms with Gasteiger partial charge >= 0.3 is 0 Å². The molecule has 0 amide bonds. The minimum Gasteiger partial charge on any atom is -0.508 e. The van der Waals surface area contributed by atoms with Crippen molar-refractivity contribution in [2.75, 3.05) is 0 Å². The number of aryl methyl sites for hydroxylation is 12. The molecule has 0 unspecified atom stereocenters. The summed E-state index contributed by atoms with van der Waals surface area (Å²) in [6, 6.07) is 6.83. The van der Waals surface area contributed by atoms with Crippen molar-refractivity contribution in [3.05, 3.63) is 105 Å². The predicted octanol–water partition coefficient (Wildman–Crippen LogP) is 6.74. The Balaban J connectivity index is 0.000000300. The maximum atomic E-state index is 8.67. The van der Waals surface area contributed by atoms with Crippen molar-refractivity contribution in [1.29, 1.82) is 0 Å². The molecule has 0 saturated heterocycles. The highest BCUT2D eigenvalue weighted by molar-refractivity contribution is 5.40. The van der Waals surface area contributed by atoms with E-state index >= 15 is 0 Å². The molecule has 0 aliphatic rings. The second-order valence-corrected chi connectivity index (χ2v) is 11.1. The van der Waals surface area contributed by atoms with E-state index in [0.29, 0.717) is 0 Å². The molecule has 5 rings (SSSR count). The van der Waals surface area contributed by atoms with Gasteiger partial charge in [-0.1, -0.05) is 0 Å². The van der Waals surface area contributed by atoms with E-state index in [2.05, 4.69) is 29.9 Å². The van der Waals surface area contributed by atoms with Gasteiger partial charge in [-0.3, -0.25) is 29.9 Å². The lowest BCUT2D eigenvalue weighted by atomic mass is 10.3. The first-order valence-corrected chi connectivity index (χ1v) is 15.0. The Morgan fingerprint density at radius 2 is 0.312 bits per heavy atom. The van der Waals surface area contributed by atoms with Crippen molar-refractivity contribution in [2.45, 2.75) is 83.1 Å². The van der Waals surface area contributed by atoms with E-state index in [1.54, 1.807) is 0 Å². The van der Waals surface area contributed by atoms with E-state index in [1.165, 1.54) is 0 Å². The first-order chi connectivity index (χ1) is 22.2. The quantitative estimate of drug-likeness (QED) is 0.102. The predicted molar refractivity (Wildman–Crippen MR) is 186 cm³/mol. The van der Waals surface area contributed by atoms with Crippen LogP contribution in [0.5, 0.6) is 34.5 Å². The summed E-state index contributed by atoms with van der Waals surface area (Å²) < 4.78 is 0. The monoisotopic (exact) mass is 660 g/mol. The summed E-state index contributed by atoms with van der Waals surface area (Å²) >= 11 is 0. The van der Waals surface area contributed by atoms with E-state index in [1.807, 2.05) is 83.1 Å². The summed E-state index contributed by atoms with van der Waals surface area (Å²) in [6.07, 6.45) is 0. The average molecular weight is 661 g/mol. The highest BCUT2D eigenvalue weighted by Crippen LogP contribution is 2.24. The van der Waals surface area contributed by atoms with Crippen molar-refractivity contribution in [3.8, 4) is 34.5 Å². The van der Waals surface area contributed by atoms with Crippen LogP contribution in [0.2, 0.25) is 0 Å². The standard InChI is InChI=1S/3C8H12N2.2C6H6O3/c3*1-5-6(2)10-8(4)7(3)9-5;2*7-4-1-5(8)3-6(9)2-4/h3*1-4H3;2*1-3,7-9H. The number of aromatic nitrogens is 6. The van der Waals surface area contributed by atoms with Crippen molar-refractivity contribution in [3.63, 3.8) is 0 Å². The Bertz CT molecular complexity index is 1400. The van der Waals surface area contributed by atoms with E-state index in [-0.39, 0.29) is 34.5 Å². The molecule has 48 heavy (non-hydrogen) atoms. The van der Waals surface area contributed by atoms with Gasteiger partial charge < -0.3 is 30.6 Å². The van der Waals surface area contributed by atoms with E-state index < -0.39 is 0 Å². The molecule has 0 saturated carbocycles. The summed E-state index contributed by atoms with van der Waals surface area (Å²) in [4.78, 5) is 25.9. The smallest absolute Gasteiger partial charge is 0.122 e. The number of hydrogen-bond acceptors (Lipinski definition) is 12. The van der Waals surface area contributed by atoms with Crippen LogP contribution in [0, 0.1) is 83.1 Å². The number of rotatable bonds is 0. The topological polar surface area (TPSA) is 199 Å². The fraction of sp³-hybridized carbons (Fsp3) is 0.333. The minimum atomic E-state index is -0.146. The third-order valence-electron chi connectivity index (χ3n) is 6.93. The van der Waals surface area contributed by atoms with Gasteiger partial charge in [0.15, 0.2) is 0 Å². The van der Waals surface area contributed by atoms with Gasteiger partial charge in [-0.25, -0.2) is 0 Å². The fourth-order valence-electron chi connectivity index (χ4n) is 3.64. The normalized spacial score (nSPS) is 9.75. The van der Waals surface area contributed by atoms with Gasteiger partial charge in [0.1, 0.15) is 34.5 Å². The molecule has 3 heterocycles. The second-order valence-electron chi connectivity index (χ2n) is 11.1. The fourth-order valence-corrected chi connectivity index (χ4v) is 3.64. The lowest BCUT2D eigenvalue weighted by Crippen LogP contribution is -1.97. The van der Waals surface area contributed by atoms with Crippen molar-refractivity contribution in [1.82, 2.24) is 29.9 Å². The Hall–Kier alpha value is -5.52. The zero-order chi connectivity index (χ0) is 36.9. The van der Waals surface area contributed by atoms with Gasteiger partial charge in [-0.15, -0.1) is 0 Å². The van der Waals surface area contributed by atoms with Gasteiger partial charge in [0, 0.05) is 36.4 Å². The number of benzene rings is 2. The third kappa shape index (κ3) is 14.3. The van der Waals surface area contributed by atoms with Crippen LogP contribution in [0.3, 0.4) is 0 Å². The first kappa shape index (κ1) is 40.5. The van der Waals surface area contributed by atoms with E-state index in [4.69, 9.17) is 30.6 Å². The van der Waals surface area contributed by atoms with Crippen molar-refractivity contribution in [2.24, 2.45) is 0 Å². The van der Waals surface area contributed by atoms with Gasteiger partial charge in [0.05, 0.1) is 68.3 Å². The largest absolute Gasteiger partial charge is 0.508 e. The Labute approximate surface area is 282 Å². The zero-order valence-corrected chi connectivity index (χ0v) is 29.8. The van der Waals surface area contributed by atoms with Crippen LogP contribution in [-0.4, -0.2) is 60.5 Å². The molecule has 258 valence electrons. The second kappa shape index (κ2) is 18.6. The summed E-state index contributed by atoms with van der Waals surface area (Å²) in [6.45, 7) is 23.8. The van der Waals surface area contributed by atoms with E-state index in [9.17, 15) is 0 Å².